The Bertz CT molecular complexity index is 534. The Hall–Kier alpha value is -1.35. The van der Waals surface area contributed by atoms with Crippen LogP contribution in [0.25, 0.3) is 0 Å². The molecule has 24 heavy (non-hydrogen) atoms. The highest BCUT2D eigenvalue weighted by atomic mass is 16.5. The maximum absolute atomic E-state index is 12.2. The Morgan fingerprint density at radius 3 is 2.21 bits per heavy atom. The van der Waals surface area contributed by atoms with E-state index in [0.29, 0.717) is 18.2 Å². The van der Waals surface area contributed by atoms with Gasteiger partial charge in [0.25, 0.3) is 0 Å². The van der Waals surface area contributed by atoms with Crippen LogP contribution in [-0.4, -0.2) is 43.7 Å². The molecular weight excluding hydrogens is 298 g/mol. The molecule has 3 heteroatoms. The first-order valence-electron chi connectivity index (χ1n) is 9.30. The van der Waals surface area contributed by atoms with Crippen molar-refractivity contribution in [1.82, 2.24) is 0 Å². The van der Waals surface area contributed by atoms with Gasteiger partial charge in [-0.3, -0.25) is 0 Å². The highest BCUT2D eigenvalue weighted by Gasteiger charge is 2.29. The Morgan fingerprint density at radius 2 is 1.67 bits per heavy atom. The van der Waals surface area contributed by atoms with Gasteiger partial charge in [0.05, 0.1) is 25.7 Å². The number of quaternary nitrogens is 1. The summed E-state index contributed by atoms with van der Waals surface area (Å²) in [6.07, 6.45) is 6.65. The average molecular weight is 333 g/mol. The summed E-state index contributed by atoms with van der Waals surface area (Å²) < 4.78 is 6.48. The third-order valence-electron chi connectivity index (χ3n) is 5.45. The van der Waals surface area contributed by atoms with Gasteiger partial charge >= 0.3 is 5.97 Å². The van der Waals surface area contributed by atoms with Crippen molar-refractivity contribution in [1.29, 1.82) is 0 Å². The number of hydrogen-bond donors (Lipinski definition) is 0. The average Bonchev–Trinajstić information content (AvgIpc) is 2.55. The number of nitrogens with zero attached hydrogens (tertiary/aromatic N) is 1. The minimum absolute atomic E-state index is 0.101. The van der Waals surface area contributed by atoms with Gasteiger partial charge in [-0.15, -0.1) is 0 Å². The second-order valence-corrected chi connectivity index (χ2v) is 8.76. The molecule has 2 rings (SSSR count). The van der Waals surface area contributed by atoms with Crippen LogP contribution in [0.1, 0.15) is 68.8 Å². The van der Waals surface area contributed by atoms with Crippen LogP contribution in [0, 0.1) is 0 Å². The monoisotopic (exact) mass is 332 g/mol. The molecule has 0 saturated heterocycles. The summed E-state index contributed by atoms with van der Waals surface area (Å²) in [5, 5.41) is 0. The molecule has 0 bridgehead atoms. The lowest BCUT2D eigenvalue weighted by Crippen LogP contribution is -2.51. The lowest BCUT2D eigenvalue weighted by atomic mass is 9.87. The lowest BCUT2D eigenvalue weighted by molar-refractivity contribution is -0.916. The van der Waals surface area contributed by atoms with E-state index in [1.165, 1.54) is 37.7 Å². The van der Waals surface area contributed by atoms with Crippen molar-refractivity contribution in [3.63, 3.8) is 0 Å². The summed E-state index contributed by atoms with van der Waals surface area (Å²) in [6.45, 7) is 7.89. The summed E-state index contributed by atoms with van der Waals surface area (Å²) in [5.74, 6) is -0.209. The van der Waals surface area contributed by atoms with Gasteiger partial charge < -0.3 is 9.22 Å². The summed E-state index contributed by atoms with van der Waals surface area (Å²) in [5.41, 5.74) is 1.98. The van der Waals surface area contributed by atoms with Crippen LogP contribution in [-0.2, 0) is 10.2 Å². The number of esters is 1. The van der Waals surface area contributed by atoms with Crippen LogP contribution in [0.5, 0.6) is 0 Å². The molecule has 0 N–H and O–H groups in total. The quantitative estimate of drug-likeness (QED) is 0.584. The minimum atomic E-state index is -0.209. The van der Waals surface area contributed by atoms with E-state index in [4.69, 9.17) is 4.74 Å². The normalized spacial score (nSPS) is 16.9. The molecule has 0 aromatic heterocycles. The van der Waals surface area contributed by atoms with Crippen LogP contribution in [0.3, 0.4) is 0 Å². The SMILES string of the molecule is CC(C)(C)c1ccc(C(=O)OCC[N+](C)(C)C2CCCCC2)cc1. The van der Waals surface area contributed by atoms with Gasteiger partial charge in [0.15, 0.2) is 0 Å². The van der Waals surface area contributed by atoms with Crippen LogP contribution in [0.15, 0.2) is 24.3 Å². The van der Waals surface area contributed by atoms with E-state index in [1.54, 1.807) is 0 Å². The third kappa shape index (κ3) is 5.07. The van der Waals surface area contributed by atoms with Crippen LogP contribution in [0.2, 0.25) is 0 Å². The van der Waals surface area contributed by atoms with E-state index in [9.17, 15) is 4.79 Å². The number of rotatable bonds is 5. The van der Waals surface area contributed by atoms with Crippen molar-refractivity contribution in [3.8, 4) is 0 Å². The van der Waals surface area contributed by atoms with Gasteiger partial charge in [-0.1, -0.05) is 39.3 Å². The van der Waals surface area contributed by atoms with E-state index in [1.807, 2.05) is 24.3 Å². The Balaban J connectivity index is 1.84. The highest BCUT2D eigenvalue weighted by Crippen LogP contribution is 2.25. The van der Waals surface area contributed by atoms with E-state index < -0.39 is 0 Å². The maximum Gasteiger partial charge on any atom is 0.338 e. The zero-order valence-corrected chi connectivity index (χ0v) is 16.1. The van der Waals surface area contributed by atoms with E-state index in [-0.39, 0.29) is 11.4 Å². The molecule has 1 fully saturated rings. The number of hydrogen-bond acceptors (Lipinski definition) is 2. The zero-order valence-electron chi connectivity index (χ0n) is 16.1. The smallest absolute Gasteiger partial charge is 0.338 e. The van der Waals surface area contributed by atoms with Gasteiger partial charge in [-0.25, -0.2) is 4.79 Å². The van der Waals surface area contributed by atoms with Gasteiger partial charge in [0.1, 0.15) is 13.2 Å². The molecule has 0 radical (unpaired) electrons. The van der Waals surface area contributed by atoms with Crippen molar-refractivity contribution in [2.24, 2.45) is 0 Å². The first-order valence-corrected chi connectivity index (χ1v) is 9.30. The molecule has 1 aliphatic rings. The molecule has 3 nitrogen and oxygen atoms in total. The fourth-order valence-corrected chi connectivity index (χ4v) is 3.53. The van der Waals surface area contributed by atoms with Crippen molar-refractivity contribution in [2.45, 2.75) is 64.3 Å². The first-order chi connectivity index (χ1) is 11.2. The molecule has 1 aromatic rings. The van der Waals surface area contributed by atoms with Crippen molar-refractivity contribution in [2.75, 3.05) is 27.2 Å². The topological polar surface area (TPSA) is 26.3 Å². The molecular formula is C21H34NO2+. The standard InChI is InChI=1S/C21H34NO2/c1-21(2,3)18-13-11-17(12-14-18)20(23)24-16-15-22(4,5)19-9-7-6-8-10-19/h11-14,19H,6-10,15-16H2,1-5H3/q+1. The third-order valence-corrected chi connectivity index (χ3v) is 5.45. The fourth-order valence-electron chi connectivity index (χ4n) is 3.53. The second-order valence-electron chi connectivity index (χ2n) is 8.76. The number of likely N-dealkylation sites (N-methyl/N-ethyl adjacent to an activating group) is 1. The molecule has 0 amide bonds. The molecule has 1 aliphatic carbocycles. The first kappa shape index (κ1) is 19.0. The lowest BCUT2D eigenvalue weighted by Gasteiger charge is -2.40. The predicted molar refractivity (Wildman–Crippen MR) is 99.3 cm³/mol. The second kappa shape index (κ2) is 7.69. The number of ether oxygens (including phenoxy) is 1. The van der Waals surface area contributed by atoms with Crippen molar-refractivity contribution >= 4 is 5.97 Å². The molecule has 0 spiro atoms. The fraction of sp³-hybridized carbons (Fsp3) is 0.667. The summed E-state index contributed by atoms with van der Waals surface area (Å²) in [4.78, 5) is 12.2. The largest absolute Gasteiger partial charge is 0.456 e. The maximum atomic E-state index is 12.2. The van der Waals surface area contributed by atoms with E-state index in [0.717, 1.165) is 11.0 Å². The van der Waals surface area contributed by atoms with Gasteiger partial charge in [-0.05, 0) is 48.8 Å². The Labute approximate surface area is 147 Å². The molecule has 1 saturated carbocycles. The Kier molecular flexibility index (Phi) is 6.08. The summed E-state index contributed by atoms with van der Waals surface area (Å²) >= 11 is 0. The van der Waals surface area contributed by atoms with Gasteiger partial charge in [0.2, 0.25) is 0 Å². The van der Waals surface area contributed by atoms with Gasteiger partial charge in [0, 0.05) is 0 Å². The molecule has 0 atom stereocenters. The predicted octanol–water partition coefficient (Wildman–Crippen LogP) is 4.55. The van der Waals surface area contributed by atoms with Crippen LogP contribution >= 0.6 is 0 Å². The minimum Gasteiger partial charge on any atom is -0.456 e. The summed E-state index contributed by atoms with van der Waals surface area (Å²) in [7, 11) is 4.53. The van der Waals surface area contributed by atoms with E-state index in [2.05, 4.69) is 34.9 Å². The molecule has 0 unspecified atom stereocenters. The Morgan fingerprint density at radius 1 is 1.08 bits per heavy atom. The molecule has 134 valence electrons. The number of carbonyl (C=O) groups excluding carboxylic acids is 1. The number of carbonyl (C=O) groups is 1. The molecule has 0 heterocycles. The van der Waals surface area contributed by atoms with Crippen molar-refractivity contribution in [3.05, 3.63) is 35.4 Å². The van der Waals surface area contributed by atoms with E-state index >= 15 is 0 Å². The van der Waals surface area contributed by atoms with Crippen molar-refractivity contribution < 1.29 is 14.0 Å². The zero-order chi connectivity index (χ0) is 17.8. The number of benzene rings is 1. The van der Waals surface area contributed by atoms with Crippen LogP contribution in [0.4, 0.5) is 0 Å². The van der Waals surface area contributed by atoms with Crippen LogP contribution < -0.4 is 0 Å². The van der Waals surface area contributed by atoms with Gasteiger partial charge in [-0.2, -0.15) is 0 Å². The summed E-state index contributed by atoms with van der Waals surface area (Å²) in [6, 6.07) is 8.52. The molecule has 0 aliphatic heterocycles. The molecule has 1 aromatic carbocycles. The highest BCUT2D eigenvalue weighted by molar-refractivity contribution is 5.89.